The lowest BCUT2D eigenvalue weighted by Crippen LogP contribution is -2.60. The van der Waals surface area contributed by atoms with Gasteiger partial charge in [0, 0.05) is 6.42 Å². The minimum Gasteiger partial charge on any atom is -0.394 e. The molecule has 0 saturated carbocycles. The SMILES string of the molecule is CC/C=C\C/C=C\C/C=C\C/C=C\C/C=C\C/C=C\C/C=C\C/C=C\CCCCCCCCCCCCCCCCC(=O)NC(COC1OC(CO)C(O)C(O)C1O)C(O)CCCCCCCCCCCCCCCCCCCCCCCCCCCCC. The molecule has 516 valence electrons. The first kappa shape index (κ1) is 84.1. The van der Waals surface area contributed by atoms with E-state index in [-0.39, 0.29) is 12.5 Å². The molecule has 1 rings (SSSR count). The van der Waals surface area contributed by atoms with Gasteiger partial charge < -0.3 is 40.3 Å². The lowest BCUT2D eigenvalue weighted by Gasteiger charge is -2.40. The summed E-state index contributed by atoms with van der Waals surface area (Å²) in [5.41, 5.74) is 0. The zero-order valence-electron chi connectivity index (χ0n) is 57.9. The number of rotatable bonds is 66. The summed E-state index contributed by atoms with van der Waals surface area (Å²) in [4.78, 5) is 13.2. The van der Waals surface area contributed by atoms with Gasteiger partial charge in [-0.1, -0.05) is 361 Å². The molecule has 1 amide bonds. The van der Waals surface area contributed by atoms with E-state index in [1.54, 1.807) is 0 Å². The molecule has 7 atom stereocenters. The summed E-state index contributed by atoms with van der Waals surface area (Å²) < 4.78 is 11.4. The van der Waals surface area contributed by atoms with Crippen molar-refractivity contribution in [3.05, 3.63) is 97.2 Å². The van der Waals surface area contributed by atoms with Gasteiger partial charge in [0.05, 0.1) is 25.4 Å². The maximum absolute atomic E-state index is 13.2. The number of aliphatic hydroxyl groups is 5. The number of aliphatic hydroxyl groups excluding tert-OH is 5. The van der Waals surface area contributed by atoms with Gasteiger partial charge in [0.15, 0.2) is 6.29 Å². The quantitative estimate of drug-likeness (QED) is 0.0261. The summed E-state index contributed by atoms with van der Waals surface area (Å²) >= 11 is 0. The monoisotopic (exact) mass is 1250 g/mol. The molecular weight excluding hydrogens is 1100 g/mol. The maximum atomic E-state index is 13.2. The highest BCUT2D eigenvalue weighted by molar-refractivity contribution is 5.76. The van der Waals surface area contributed by atoms with Crippen LogP contribution in [0.3, 0.4) is 0 Å². The van der Waals surface area contributed by atoms with Crippen molar-refractivity contribution in [2.24, 2.45) is 0 Å². The Bertz CT molecular complexity index is 1730. The molecule has 1 heterocycles. The average molecular weight is 1250 g/mol. The lowest BCUT2D eigenvalue weighted by molar-refractivity contribution is -0.302. The molecule has 0 aromatic carbocycles. The largest absolute Gasteiger partial charge is 0.394 e. The third kappa shape index (κ3) is 56.4. The first-order valence-electron chi connectivity index (χ1n) is 37.9. The van der Waals surface area contributed by atoms with Crippen LogP contribution in [0.2, 0.25) is 0 Å². The number of hydrogen-bond acceptors (Lipinski definition) is 8. The zero-order chi connectivity index (χ0) is 64.2. The van der Waals surface area contributed by atoms with Gasteiger partial charge in [-0.3, -0.25) is 4.79 Å². The van der Waals surface area contributed by atoms with Crippen LogP contribution in [0.25, 0.3) is 0 Å². The molecule has 1 fully saturated rings. The van der Waals surface area contributed by atoms with E-state index in [1.807, 2.05) is 0 Å². The van der Waals surface area contributed by atoms with Crippen molar-refractivity contribution < 1.29 is 39.8 Å². The molecule has 1 aliphatic heterocycles. The van der Waals surface area contributed by atoms with Crippen LogP contribution in [0.1, 0.15) is 348 Å². The van der Waals surface area contributed by atoms with Crippen molar-refractivity contribution in [3.63, 3.8) is 0 Å². The van der Waals surface area contributed by atoms with Gasteiger partial charge in [0.25, 0.3) is 0 Å². The molecular formula is C80H143NO8. The third-order valence-electron chi connectivity index (χ3n) is 17.7. The standard InChI is InChI=1S/C80H143NO8/c1-3-5-7-9-11-13-15-17-19-21-23-25-27-29-31-32-33-34-35-36-37-38-39-40-41-42-44-46-48-50-52-54-56-58-60-62-64-66-68-70-76(84)81-73(72-88-80-79(87)78(86)77(85)75(71-82)89-80)74(83)69-67-65-63-61-59-57-55-53-51-49-47-45-43-30-28-26-24-22-20-18-16-14-12-10-8-6-4-2/h5,7,11,13,17,19,23,25,29,31,33-34,36-37,39-40,73-75,77-80,82-83,85-87H,3-4,6,8-10,12,14-16,18,20-22,24,26-28,30,32,35,38,41-72H2,1-2H3,(H,81,84)/b7-5-,13-11-,19-17-,25-23-,31-29-,34-33-,37-36-,40-39-. The fraction of sp³-hybridized carbons (Fsp3) is 0.787. The number of nitrogens with one attached hydrogen (secondary N) is 1. The highest BCUT2D eigenvalue weighted by atomic mass is 16.7. The molecule has 0 aliphatic carbocycles. The number of ether oxygens (including phenoxy) is 2. The Hall–Kier alpha value is -2.89. The van der Waals surface area contributed by atoms with Crippen molar-refractivity contribution in [1.82, 2.24) is 5.32 Å². The molecule has 9 heteroatoms. The van der Waals surface area contributed by atoms with Gasteiger partial charge in [-0.25, -0.2) is 0 Å². The molecule has 6 N–H and O–H groups in total. The lowest BCUT2D eigenvalue weighted by atomic mass is 9.99. The Morgan fingerprint density at radius 3 is 1.03 bits per heavy atom. The van der Waals surface area contributed by atoms with Crippen LogP contribution in [-0.2, 0) is 14.3 Å². The molecule has 0 spiro atoms. The van der Waals surface area contributed by atoms with E-state index in [0.29, 0.717) is 12.8 Å². The van der Waals surface area contributed by atoms with Gasteiger partial charge in [-0.2, -0.15) is 0 Å². The molecule has 0 bridgehead atoms. The molecule has 0 radical (unpaired) electrons. The summed E-state index contributed by atoms with van der Waals surface area (Å²) in [5.74, 6) is -0.143. The number of carbonyl (C=O) groups is 1. The molecule has 9 nitrogen and oxygen atoms in total. The molecule has 1 aliphatic rings. The molecule has 0 aromatic heterocycles. The second kappa shape index (κ2) is 68.0. The highest BCUT2D eigenvalue weighted by Crippen LogP contribution is 2.24. The Morgan fingerprint density at radius 2 is 0.697 bits per heavy atom. The van der Waals surface area contributed by atoms with Gasteiger partial charge in [0.1, 0.15) is 24.4 Å². The average Bonchev–Trinajstić information content (AvgIpc) is 2.42. The van der Waals surface area contributed by atoms with E-state index in [2.05, 4.69) is 116 Å². The van der Waals surface area contributed by atoms with Crippen molar-refractivity contribution in [2.45, 2.75) is 391 Å². The van der Waals surface area contributed by atoms with Crippen LogP contribution in [0.4, 0.5) is 0 Å². The van der Waals surface area contributed by atoms with E-state index < -0.39 is 49.5 Å². The zero-order valence-corrected chi connectivity index (χ0v) is 57.9. The van der Waals surface area contributed by atoms with Gasteiger partial charge in [-0.05, 0) is 77.0 Å². The number of allylic oxidation sites excluding steroid dienone is 16. The van der Waals surface area contributed by atoms with E-state index in [1.165, 1.54) is 231 Å². The topological polar surface area (TPSA) is 149 Å². The summed E-state index contributed by atoms with van der Waals surface area (Å²) in [5, 5.41) is 55.0. The summed E-state index contributed by atoms with van der Waals surface area (Å²) in [6.07, 6.45) is 92.0. The molecule has 7 unspecified atom stereocenters. The number of amides is 1. The van der Waals surface area contributed by atoms with Crippen LogP contribution in [-0.4, -0.2) is 87.5 Å². The van der Waals surface area contributed by atoms with Gasteiger partial charge >= 0.3 is 0 Å². The fourth-order valence-corrected chi connectivity index (χ4v) is 11.8. The van der Waals surface area contributed by atoms with Gasteiger partial charge in [0.2, 0.25) is 5.91 Å². The van der Waals surface area contributed by atoms with Crippen molar-refractivity contribution >= 4 is 5.91 Å². The Balaban J connectivity index is 2.09. The fourth-order valence-electron chi connectivity index (χ4n) is 11.8. The normalized spacial score (nSPS) is 18.4. The predicted octanol–water partition coefficient (Wildman–Crippen LogP) is 21.4. The molecule has 89 heavy (non-hydrogen) atoms. The van der Waals surface area contributed by atoms with Crippen LogP contribution in [0.5, 0.6) is 0 Å². The Morgan fingerprint density at radius 1 is 0.393 bits per heavy atom. The van der Waals surface area contributed by atoms with Crippen LogP contribution in [0.15, 0.2) is 97.2 Å². The van der Waals surface area contributed by atoms with E-state index in [9.17, 15) is 30.3 Å². The van der Waals surface area contributed by atoms with Crippen molar-refractivity contribution in [2.75, 3.05) is 13.2 Å². The van der Waals surface area contributed by atoms with E-state index in [4.69, 9.17) is 9.47 Å². The Labute approximate surface area is 549 Å². The molecule has 0 aromatic rings. The van der Waals surface area contributed by atoms with E-state index >= 15 is 0 Å². The number of hydrogen-bond donors (Lipinski definition) is 6. The van der Waals surface area contributed by atoms with Crippen molar-refractivity contribution in [1.29, 1.82) is 0 Å². The minimum absolute atomic E-state index is 0.139. The second-order valence-corrected chi connectivity index (χ2v) is 26.1. The number of carbonyl (C=O) groups excluding carboxylic acids is 1. The first-order chi connectivity index (χ1) is 43.8. The summed E-state index contributed by atoms with van der Waals surface area (Å²) in [7, 11) is 0. The summed E-state index contributed by atoms with van der Waals surface area (Å²) in [6.45, 7) is 3.76. The second-order valence-electron chi connectivity index (χ2n) is 26.1. The van der Waals surface area contributed by atoms with E-state index in [0.717, 1.165) is 89.9 Å². The third-order valence-corrected chi connectivity index (χ3v) is 17.7. The summed E-state index contributed by atoms with van der Waals surface area (Å²) in [6, 6.07) is -0.726. The van der Waals surface area contributed by atoms with Crippen LogP contribution >= 0.6 is 0 Å². The minimum atomic E-state index is -1.56. The number of unbranched alkanes of at least 4 members (excludes halogenated alkanes) is 40. The molecule has 1 saturated heterocycles. The Kier molecular flexibility index (Phi) is 64.3. The van der Waals surface area contributed by atoms with Crippen LogP contribution < -0.4 is 5.32 Å². The van der Waals surface area contributed by atoms with Crippen molar-refractivity contribution in [3.8, 4) is 0 Å². The van der Waals surface area contributed by atoms with Gasteiger partial charge in [-0.15, -0.1) is 0 Å². The first-order valence-corrected chi connectivity index (χ1v) is 37.9. The van der Waals surface area contributed by atoms with Crippen LogP contribution in [0, 0.1) is 0 Å². The smallest absolute Gasteiger partial charge is 0.220 e. The highest BCUT2D eigenvalue weighted by Gasteiger charge is 2.44. The maximum Gasteiger partial charge on any atom is 0.220 e. The predicted molar refractivity (Wildman–Crippen MR) is 382 cm³/mol.